The number of nitrogen functional groups attached to an aromatic ring is 1. The highest BCUT2D eigenvalue weighted by molar-refractivity contribution is 5.62. The number of benzene rings is 2. The normalized spacial score (nSPS) is 10.3. The summed E-state index contributed by atoms with van der Waals surface area (Å²) in [6.07, 6.45) is 0. The summed E-state index contributed by atoms with van der Waals surface area (Å²) < 4.78 is 5.68. The van der Waals surface area contributed by atoms with Crippen molar-refractivity contribution in [2.75, 3.05) is 5.73 Å². The number of rotatable bonds is 4. The quantitative estimate of drug-likeness (QED) is 0.525. The van der Waals surface area contributed by atoms with E-state index >= 15 is 0 Å². The van der Waals surface area contributed by atoms with E-state index in [-0.39, 0.29) is 11.4 Å². The van der Waals surface area contributed by atoms with Crippen LogP contribution >= 0.6 is 0 Å². The first-order chi connectivity index (χ1) is 9.47. The Balaban J connectivity index is 2.17. The highest BCUT2D eigenvalue weighted by atomic mass is 16.6. The molecule has 0 aliphatic heterocycles. The van der Waals surface area contributed by atoms with Crippen LogP contribution in [0.4, 0.5) is 11.4 Å². The Morgan fingerprint density at radius 1 is 1.20 bits per heavy atom. The van der Waals surface area contributed by atoms with Crippen molar-refractivity contribution in [1.82, 2.24) is 0 Å². The Hall–Kier alpha value is -2.56. The third kappa shape index (κ3) is 3.06. The van der Waals surface area contributed by atoms with E-state index < -0.39 is 4.92 Å². The largest absolute Gasteiger partial charge is 0.486 e. The van der Waals surface area contributed by atoms with E-state index in [2.05, 4.69) is 0 Å². The van der Waals surface area contributed by atoms with Crippen LogP contribution < -0.4 is 10.5 Å². The van der Waals surface area contributed by atoms with Crippen LogP contribution in [0.1, 0.15) is 16.7 Å². The van der Waals surface area contributed by atoms with Crippen LogP contribution in [0.3, 0.4) is 0 Å². The predicted octanol–water partition coefficient (Wildman–Crippen LogP) is 3.37. The molecule has 0 spiro atoms. The molecule has 0 radical (unpaired) electrons. The lowest BCUT2D eigenvalue weighted by molar-refractivity contribution is -0.384. The number of aryl methyl sites for hydroxylation is 2. The van der Waals surface area contributed by atoms with Gasteiger partial charge in [0.1, 0.15) is 12.4 Å². The average Bonchev–Trinajstić information content (AvgIpc) is 2.39. The van der Waals surface area contributed by atoms with Gasteiger partial charge in [-0.15, -0.1) is 0 Å². The van der Waals surface area contributed by atoms with Gasteiger partial charge in [0.05, 0.1) is 10.6 Å². The minimum Gasteiger partial charge on any atom is -0.486 e. The summed E-state index contributed by atoms with van der Waals surface area (Å²) in [5.41, 5.74) is 8.93. The van der Waals surface area contributed by atoms with Gasteiger partial charge in [-0.05, 0) is 25.0 Å². The van der Waals surface area contributed by atoms with E-state index in [0.29, 0.717) is 17.9 Å². The third-order valence-electron chi connectivity index (χ3n) is 3.00. The summed E-state index contributed by atoms with van der Waals surface area (Å²) in [5.74, 6) is 0.496. The molecule has 0 saturated carbocycles. The zero-order valence-corrected chi connectivity index (χ0v) is 11.4. The Morgan fingerprint density at radius 3 is 2.40 bits per heavy atom. The number of non-ortho nitro benzene ring substituents is 1. The van der Waals surface area contributed by atoms with Crippen LogP contribution in [-0.2, 0) is 6.61 Å². The first kappa shape index (κ1) is 13.9. The van der Waals surface area contributed by atoms with Crippen LogP contribution in [-0.4, -0.2) is 4.92 Å². The van der Waals surface area contributed by atoms with E-state index in [9.17, 15) is 10.1 Å². The molecule has 20 heavy (non-hydrogen) atoms. The van der Waals surface area contributed by atoms with E-state index in [4.69, 9.17) is 10.5 Å². The Kier molecular flexibility index (Phi) is 3.89. The number of nitro benzene ring substituents is 1. The topological polar surface area (TPSA) is 78.4 Å². The van der Waals surface area contributed by atoms with Crippen molar-refractivity contribution in [3.63, 3.8) is 0 Å². The van der Waals surface area contributed by atoms with Gasteiger partial charge in [-0.2, -0.15) is 0 Å². The fourth-order valence-electron chi connectivity index (χ4n) is 1.92. The van der Waals surface area contributed by atoms with Crippen molar-refractivity contribution in [1.29, 1.82) is 0 Å². The van der Waals surface area contributed by atoms with Crippen LogP contribution in [0.5, 0.6) is 5.75 Å². The smallest absolute Gasteiger partial charge is 0.272 e. The maximum atomic E-state index is 10.7. The van der Waals surface area contributed by atoms with Gasteiger partial charge in [-0.25, -0.2) is 0 Å². The molecule has 0 saturated heterocycles. The molecule has 2 aromatic rings. The van der Waals surface area contributed by atoms with Crippen molar-refractivity contribution in [3.8, 4) is 5.75 Å². The number of nitrogens with two attached hydrogens (primary N) is 1. The molecule has 0 fully saturated rings. The number of hydrogen-bond donors (Lipinski definition) is 1. The molecule has 2 N–H and O–H groups in total. The van der Waals surface area contributed by atoms with Crippen molar-refractivity contribution < 1.29 is 9.66 Å². The molecule has 0 aromatic heterocycles. The minimum atomic E-state index is -0.465. The SMILES string of the molecule is Cc1ccc(COc2c(C)cc([N+](=O)[O-])cc2N)cc1. The minimum absolute atomic E-state index is 0.0253. The standard InChI is InChI=1S/C15H16N2O3/c1-10-3-5-12(6-4-10)9-20-15-11(2)7-13(17(18)19)8-14(15)16/h3-8H,9,16H2,1-2H3. The van der Waals surface area contributed by atoms with E-state index in [0.717, 1.165) is 5.56 Å². The van der Waals surface area contributed by atoms with Gasteiger partial charge in [0.2, 0.25) is 0 Å². The van der Waals surface area contributed by atoms with Gasteiger partial charge in [0.25, 0.3) is 5.69 Å². The monoisotopic (exact) mass is 272 g/mol. The number of nitro groups is 1. The zero-order valence-electron chi connectivity index (χ0n) is 11.4. The summed E-state index contributed by atoms with van der Waals surface area (Å²) >= 11 is 0. The molecule has 0 heterocycles. The first-order valence-corrected chi connectivity index (χ1v) is 6.20. The fraction of sp³-hybridized carbons (Fsp3) is 0.200. The molecule has 104 valence electrons. The number of ether oxygens (including phenoxy) is 1. The van der Waals surface area contributed by atoms with Gasteiger partial charge in [-0.3, -0.25) is 10.1 Å². The molecule has 0 amide bonds. The highest BCUT2D eigenvalue weighted by Crippen LogP contribution is 2.31. The van der Waals surface area contributed by atoms with Gasteiger partial charge in [0, 0.05) is 12.1 Å². The Bertz CT molecular complexity index is 613. The lowest BCUT2D eigenvalue weighted by Gasteiger charge is -2.12. The molecule has 0 unspecified atom stereocenters. The number of hydrogen-bond acceptors (Lipinski definition) is 4. The second-order valence-corrected chi connectivity index (χ2v) is 4.71. The van der Waals surface area contributed by atoms with Crippen LogP contribution in [0.15, 0.2) is 36.4 Å². The van der Waals surface area contributed by atoms with Crippen molar-refractivity contribution in [3.05, 3.63) is 63.2 Å². The molecule has 2 aromatic carbocycles. The molecule has 5 heteroatoms. The van der Waals surface area contributed by atoms with Crippen molar-refractivity contribution in [2.45, 2.75) is 20.5 Å². The lowest BCUT2D eigenvalue weighted by atomic mass is 10.1. The molecular formula is C15H16N2O3. The van der Waals surface area contributed by atoms with E-state index in [1.807, 2.05) is 31.2 Å². The summed E-state index contributed by atoms with van der Waals surface area (Å²) in [5, 5.41) is 10.7. The first-order valence-electron chi connectivity index (χ1n) is 6.20. The molecule has 0 aliphatic carbocycles. The van der Waals surface area contributed by atoms with Gasteiger partial charge < -0.3 is 10.5 Å². The maximum absolute atomic E-state index is 10.7. The van der Waals surface area contributed by atoms with Gasteiger partial charge in [-0.1, -0.05) is 29.8 Å². The second-order valence-electron chi connectivity index (χ2n) is 4.71. The van der Waals surface area contributed by atoms with Crippen LogP contribution in [0, 0.1) is 24.0 Å². The van der Waals surface area contributed by atoms with Crippen LogP contribution in [0.2, 0.25) is 0 Å². The molecule has 5 nitrogen and oxygen atoms in total. The van der Waals surface area contributed by atoms with Crippen LogP contribution in [0.25, 0.3) is 0 Å². The highest BCUT2D eigenvalue weighted by Gasteiger charge is 2.13. The second kappa shape index (κ2) is 5.61. The van der Waals surface area contributed by atoms with Gasteiger partial charge in [0.15, 0.2) is 0 Å². The average molecular weight is 272 g/mol. The molecule has 0 aliphatic rings. The summed E-state index contributed by atoms with van der Waals surface area (Å²) in [6, 6.07) is 10.7. The molecule has 0 bridgehead atoms. The fourth-order valence-corrected chi connectivity index (χ4v) is 1.92. The number of nitrogens with zero attached hydrogens (tertiary/aromatic N) is 1. The predicted molar refractivity (Wildman–Crippen MR) is 77.8 cm³/mol. The zero-order chi connectivity index (χ0) is 14.7. The maximum Gasteiger partial charge on any atom is 0.272 e. The van der Waals surface area contributed by atoms with E-state index in [1.54, 1.807) is 6.92 Å². The molecule has 0 atom stereocenters. The number of anilines is 1. The third-order valence-corrected chi connectivity index (χ3v) is 3.00. The van der Waals surface area contributed by atoms with Crippen molar-refractivity contribution >= 4 is 11.4 Å². The Labute approximate surface area is 117 Å². The summed E-state index contributed by atoms with van der Waals surface area (Å²) in [7, 11) is 0. The Morgan fingerprint density at radius 2 is 1.85 bits per heavy atom. The van der Waals surface area contributed by atoms with Crippen molar-refractivity contribution in [2.24, 2.45) is 0 Å². The molecule has 2 rings (SSSR count). The van der Waals surface area contributed by atoms with Gasteiger partial charge >= 0.3 is 0 Å². The summed E-state index contributed by atoms with van der Waals surface area (Å²) in [4.78, 5) is 10.3. The molecular weight excluding hydrogens is 256 g/mol. The summed E-state index contributed by atoms with van der Waals surface area (Å²) in [6.45, 7) is 4.14. The lowest BCUT2D eigenvalue weighted by Crippen LogP contribution is -2.02. The van der Waals surface area contributed by atoms with E-state index in [1.165, 1.54) is 17.7 Å².